The number of rotatable bonds is 1. The second-order valence-electron chi connectivity index (χ2n) is 7.35. The van der Waals surface area contributed by atoms with Crippen molar-refractivity contribution in [3.05, 3.63) is 0 Å². The summed E-state index contributed by atoms with van der Waals surface area (Å²) in [5.74, 6) is 3.41. The van der Waals surface area contributed by atoms with Gasteiger partial charge in [0, 0.05) is 0 Å². The van der Waals surface area contributed by atoms with Gasteiger partial charge in [0.15, 0.2) is 0 Å². The van der Waals surface area contributed by atoms with Crippen LogP contribution in [-0.2, 0) is 9.53 Å². The molecular weight excluding hydrogens is 212 g/mol. The Morgan fingerprint density at radius 3 is 2.47 bits per heavy atom. The molecule has 0 spiro atoms. The van der Waals surface area contributed by atoms with E-state index in [-0.39, 0.29) is 17.5 Å². The largest absolute Gasteiger partial charge is 0.462 e. The third kappa shape index (κ3) is 1.80. The molecule has 0 radical (unpaired) electrons. The summed E-state index contributed by atoms with van der Waals surface area (Å²) in [7, 11) is 0. The zero-order valence-corrected chi connectivity index (χ0v) is 11.2. The van der Waals surface area contributed by atoms with Crippen molar-refractivity contribution in [2.75, 3.05) is 0 Å². The Kier molecular flexibility index (Phi) is 2.53. The van der Waals surface area contributed by atoms with Crippen molar-refractivity contribution >= 4 is 5.97 Å². The molecule has 0 heterocycles. The molecule has 3 fully saturated rings. The van der Waals surface area contributed by atoms with E-state index in [0.29, 0.717) is 5.92 Å². The van der Waals surface area contributed by atoms with Gasteiger partial charge in [-0.2, -0.15) is 0 Å². The van der Waals surface area contributed by atoms with Gasteiger partial charge in [-0.3, -0.25) is 4.79 Å². The summed E-state index contributed by atoms with van der Waals surface area (Å²) < 4.78 is 5.78. The lowest BCUT2D eigenvalue weighted by Crippen LogP contribution is -2.35. The van der Waals surface area contributed by atoms with Gasteiger partial charge in [-0.1, -0.05) is 6.42 Å². The van der Waals surface area contributed by atoms with Crippen molar-refractivity contribution in [3.63, 3.8) is 0 Å². The third-order valence-electron chi connectivity index (χ3n) is 5.24. The Bertz CT molecular complexity index is 328. The standard InChI is InChI=1S/C15H24O2/c1-15(2,3)14(16)17-13-8-9-7-12(13)11-6-4-5-10(9)11/h9-13H,4-8H2,1-3H3. The lowest BCUT2D eigenvalue weighted by molar-refractivity contribution is -0.162. The summed E-state index contributed by atoms with van der Waals surface area (Å²) in [5, 5.41) is 0. The maximum atomic E-state index is 12.0. The van der Waals surface area contributed by atoms with Crippen LogP contribution in [0.2, 0.25) is 0 Å². The fraction of sp³-hybridized carbons (Fsp3) is 0.933. The van der Waals surface area contributed by atoms with Gasteiger partial charge in [0.2, 0.25) is 0 Å². The number of carbonyl (C=O) groups is 1. The van der Waals surface area contributed by atoms with E-state index in [0.717, 1.165) is 24.2 Å². The van der Waals surface area contributed by atoms with E-state index in [1.54, 1.807) is 0 Å². The van der Waals surface area contributed by atoms with E-state index in [1.807, 2.05) is 20.8 Å². The van der Waals surface area contributed by atoms with E-state index >= 15 is 0 Å². The first kappa shape index (κ1) is 11.6. The number of fused-ring (bicyclic) bond motifs is 5. The van der Waals surface area contributed by atoms with Crippen LogP contribution in [0.25, 0.3) is 0 Å². The number of hydrogen-bond acceptors (Lipinski definition) is 2. The number of ether oxygens (including phenoxy) is 1. The first-order valence-electron chi connectivity index (χ1n) is 7.18. The molecule has 3 aliphatic carbocycles. The Hall–Kier alpha value is -0.530. The molecule has 2 heteroatoms. The van der Waals surface area contributed by atoms with Crippen molar-refractivity contribution < 1.29 is 9.53 Å². The zero-order valence-electron chi connectivity index (χ0n) is 11.2. The molecule has 5 atom stereocenters. The smallest absolute Gasteiger partial charge is 0.311 e. The van der Waals surface area contributed by atoms with Crippen molar-refractivity contribution in [3.8, 4) is 0 Å². The molecule has 0 aromatic carbocycles. The predicted octanol–water partition coefficient (Wildman–Crippen LogP) is 3.40. The Morgan fingerprint density at radius 1 is 1.06 bits per heavy atom. The highest BCUT2D eigenvalue weighted by Gasteiger charge is 2.55. The van der Waals surface area contributed by atoms with Crippen LogP contribution in [0.5, 0.6) is 0 Å². The minimum absolute atomic E-state index is 0.00963. The second kappa shape index (κ2) is 3.73. The zero-order chi connectivity index (χ0) is 12.2. The molecule has 96 valence electrons. The molecule has 0 aliphatic heterocycles. The molecule has 2 bridgehead atoms. The molecule has 3 saturated carbocycles. The molecule has 0 N–H and O–H groups in total. The van der Waals surface area contributed by atoms with Crippen LogP contribution in [0.4, 0.5) is 0 Å². The van der Waals surface area contributed by atoms with Gasteiger partial charge in [0.05, 0.1) is 5.41 Å². The van der Waals surface area contributed by atoms with Crippen LogP contribution in [0.3, 0.4) is 0 Å². The maximum absolute atomic E-state index is 12.0. The van der Waals surface area contributed by atoms with Crippen molar-refractivity contribution in [1.29, 1.82) is 0 Å². The molecule has 17 heavy (non-hydrogen) atoms. The van der Waals surface area contributed by atoms with Gasteiger partial charge in [-0.15, -0.1) is 0 Å². The normalized spacial score (nSPS) is 43.8. The lowest BCUT2D eigenvalue weighted by atomic mass is 9.80. The quantitative estimate of drug-likeness (QED) is 0.652. The fourth-order valence-corrected chi connectivity index (χ4v) is 4.45. The van der Waals surface area contributed by atoms with Gasteiger partial charge < -0.3 is 4.74 Å². The van der Waals surface area contributed by atoms with Crippen LogP contribution in [-0.4, -0.2) is 12.1 Å². The summed E-state index contributed by atoms with van der Waals surface area (Å²) in [5.41, 5.74) is -0.350. The predicted molar refractivity (Wildman–Crippen MR) is 66.4 cm³/mol. The Morgan fingerprint density at radius 2 is 1.76 bits per heavy atom. The minimum atomic E-state index is -0.350. The monoisotopic (exact) mass is 236 g/mol. The van der Waals surface area contributed by atoms with E-state index in [4.69, 9.17) is 4.74 Å². The van der Waals surface area contributed by atoms with Crippen LogP contribution in [0, 0.1) is 29.1 Å². The summed E-state index contributed by atoms with van der Waals surface area (Å²) >= 11 is 0. The molecule has 0 aromatic heterocycles. The third-order valence-corrected chi connectivity index (χ3v) is 5.24. The summed E-state index contributed by atoms with van der Waals surface area (Å²) in [6.07, 6.45) is 6.94. The summed E-state index contributed by atoms with van der Waals surface area (Å²) in [6.45, 7) is 5.84. The van der Waals surface area contributed by atoms with Crippen molar-refractivity contribution in [2.24, 2.45) is 29.1 Å². The minimum Gasteiger partial charge on any atom is -0.462 e. The average molecular weight is 236 g/mol. The van der Waals surface area contributed by atoms with Crippen LogP contribution in [0.1, 0.15) is 52.9 Å². The van der Waals surface area contributed by atoms with E-state index in [2.05, 4.69) is 0 Å². The van der Waals surface area contributed by atoms with Gasteiger partial charge >= 0.3 is 5.97 Å². The second-order valence-corrected chi connectivity index (χ2v) is 7.35. The highest BCUT2D eigenvalue weighted by atomic mass is 16.5. The number of hydrogen-bond donors (Lipinski definition) is 0. The molecule has 3 rings (SSSR count). The van der Waals surface area contributed by atoms with Crippen LogP contribution in [0.15, 0.2) is 0 Å². The average Bonchev–Trinajstić information content (AvgIpc) is 2.85. The van der Waals surface area contributed by atoms with Gasteiger partial charge in [-0.25, -0.2) is 0 Å². The molecule has 3 aliphatic rings. The molecular formula is C15H24O2. The molecule has 2 nitrogen and oxygen atoms in total. The molecule has 0 saturated heterocycles. The number of esters is 1. The van der Waals surface area contributed by atoms with Gasteiger partial charge in [-0.05, 0) is 70.1 Å². The number of carbonyl (C=O) groups excluding carboxylic acids is 1. The van der Waals surface area contributed by atoms with Crippen LogP contribution >= 0.6 is 0 Å². The highest BCUT2D eigenvalue weighted by molar-refractivity contribution is 5.75. The van der Waals surface area contributed by atoms with Crippen molar-refractivity contribution in [1.82, 2.24) is 0 Å². The van der Waals surface area contributed by atoms with Crippen LogP contribution < -0.4 is 0 Å². The van der Waals surface area contributed by atoms with E-state index in [1.165, 1.54) is 25.7 Å². The SMILES string of the molecule is CC(C)(C)C(=O)OC1CC2CC1C1CCCC21. The van der Waals surface area contributed by atoms with Gasteiger partial charge in [0.1, 0.15) is 6.10 Å². The summed E-state index contributed by atoms with van der Waals surface area (Å²) in [6, 6.07) is 0. The molecule has 5 unspecified atom stereocenters. The fourth-order valence-electron chi connectivity index (χ4n) is 4.45. The first-order chi connectivity index (χ1) is 7.97. The van der Waals surface area contributed by atoms with E-state index in [9.17, 15) is 4.79 Å². The highest BCUT2D eigenvalue weighted by Crippen LogP contribution is 2.59. The summed E-state index contributed by atoms with van der Waals surface area (Å²) in [4.78, 5) is 12.0. The first-order valence-corrected chi connectivity index (χ1v) is 7.18. The molecule has 0 amide bonds. The Labute approximate surface area is 104 Å². The lowest BCUT2D eigenvalue weighted by Gasteiger charge is -2.32. The Balaban J connectivity index is 1.66. The molecule has 0 aromatic rings. The van der Waals surface area contributed by atoms with E-state index < -0.39 is 0 Å². The maximum Gasteiger partial charge on any atom is 0.311 e. The topological polar surface area (TPSA) is 26.3 Å². The van der Waals surface area contributed by atoms with Crippen molar-refractivity contribution in [2.45, 2.75) is 59.0 Å². The van der Waals surface area contributed by atoms with Gasteiger partial charge in [0.25, 0.3) is 0 Å².